The third-order valence-electron chi connectivity index (χ3n) is 19.8. The number of aliphatic hydroxyl groups is 2. The molecular weight excluding hydrogens is 913 g/mol. The third-order valence-corrected chi connectivity index (χ3v) is 19.8. The van der Waals surface area contributed by atoms with Gasteiger partial charge in [0.15, 0.2) is 0 Å². The molecule has 10 atom stereocenters. The molecule has 4 saturated carbocycles. The average Bonchev–Trinajstić information content (AvgIpc) is 3.85. The Balaban J connectivity index is 0.532. The van der Waals surface area contributed by atoms with Gasteiger partial charge in [0.2, 0.25) is 0 Å². The van der Waals surface area contributed by atoms with Gasteiger partial charge in [0.25, 0.3) is 0 Å². The summed E-state index contributed by atoms with van der Waals surface area (Å²) in [7, 11) is 0. The highest BCUT2D eigenvalue weighted by Gasteiger charge is 2.62. The van der Waals surface area contributed by atoms with E-state index in [-0.39, 0.29) is 10.8 Å². The van der Waals surface area contributed by atoms with Crippen molar-refractivity contribution >= 4 is 0 Å². The predicted molar refractivity (Wildman–Crippen MR) is 286 cm³/mol. The SMILES string of the molecule is C[C@]12CC[C@@H]3c4ccc(OCc5ccccc5)cc4CC[C@H]3[C@@H]1CC[C@@]2(O)CCCOCCOCCOCCOCCOCCC[C@]1(O)CC[C@H]2[C@@H]3CCc4cc(OCc5ccccc5)ccc4[C@H]3CC[C@@]21C. The maximum atomic E-state index is 12.2. The minimum atomic E-state index is -0.620. The van der Waals surface area contributed by atoms with Gasteiger partial charge in [-0.2, -0.15) is 0 Å². The Morgan fingerprint density at radius 3 is 1.22 bits per heavy atom. The van der Waals surface area contributed by atoms with Crippen LogP contribution in [-0.2, 0) is 49.7 Å². The Morgan fingerprint density at radius 2 is 0.822 bits per heavy atom. The molecule has 4 aromatic rings. The monoisotopic (exact) mass is 999 g/mol. The Bertz CT molecular complexity index is 2200. The van der Waals surface area contributed by atoms with Crippen LogP contribution in [0.3, 0.4) is 0 Å². The molecule has 0 saturated heterocycles. The summed E-state index contributed by atoms with van der Waals surface area (Å²) in [5.41, 5.74) is 7.04. The molecule has 10 rings (SSSR count). The van der Waals surface area contributed by atoms with Crippen LogP contribution in [-0.4, -0.2) is 87.5 Å². The highest BCUT2D eigenvalue weighted by atomic mass is 16.6. The molecule has 0 amide bonds. The molecule has 0 aliphatic heterocycles. The van der Waals surface area contributed by atoms with Crippen LogP contribution in [0.5, 0.6) is 11.5 Å². The summed E-state index contributed by atoms with van der Waals surface area (Å²) in [6.07, 6.45) is 16.5. The van der Waals surface area contributed by atoms with Gasteiger partial charge in [-0.15, -0.1) is 0 Å². The zero-order valence-electron chi connectivity index (χ0n) is 44.3. The van der Waals surface area contributed by atoms with Gasteiger partial charge in [-0.1, -0.05) is 86.6 Å². The number of rotatable bonds is 26. The molecule has 0 radical (unpaired) electrons. The minimum absolute atomic E-state index is 0.0349. The Labute approximate surface area is 437 Å². The van der Waals surface area contributed by atoms with Crippen LogP contribution in [0.2, 0.25) is 0 Å². The number of fused-ring (bicyclic) bond motifs is 10. The van der Waals surface area contributed by atoms with E-state index < -0.39 is 11.2 Å². The summed E-state index contributed by atoms with van der Waals surface area (Å²) >= 11 is 0. The van der Waals surface area contributed by atoms with Crippen molar-refractivity contribution in [3.8, 4) is 11.5 Å². The van der Waals surface area contributed by atoms with Gasteiger partial charge in [-0.05, 0) is 207 Å². The maximum absolute atomic E-state index is 12.2. The summed E-state index contributed by atoms with van der Waals surface area (Å²) in [4.78, 5) is 0. The first kappa shape index (κ1) is 52.6. The normalized spacial score (nSPS) is 30.9. The lowest BCUT2D eigenvalue weighted by Gasteiger charge is -2.53. The van der Waals surface area contributed by atoms with Crippen molar-refractivity contribution in [2.24, 2.45) is 34.5 Å². The molecule has 0 heterocycles. The molecule has 0 unspecified atom stereocenters. The van der Waals surface area contributed by atoms with Crippen LogP contribution in [0, 0.1) is 34.5 Å². The van der Waals surface area contributed by atoms with Gasteiger partial charge in [0.1, 0.15) is 24.7 Å². The second-order valence-electron chi connectivity index (χ2n) is 23.4. The summed E-state index contributed by atoms with van der Waals surface area (Å²) in [6.45, 7) is 11.5. The van der Waals surface area contributed by atoms with Gasteiger partial charge < -0.3 is 43.4 Å². The van der Waals surface area contributed by atoms with Crippen molar-refractivity contribution < 1.29 is 43.4 Å². The number of aryl methyl sites for hydroxylation is 2. The van der Waals surface area contributed by atoms with E-state index in [2.05, 4.69) is 98.8 Å². The second-order valence-corrected chi connectivity index (χ2v) is 23.4. The smallest absolute Gasteiger partial charge is 0.120 e. The van der Waals surface area contributed by atoms with Crippen molar-refractivity contribution in [1.82, 2.24) is 0 Å². The first-order chi connectivity index (χ1) is 35.7. The molecule has 4 fully saturated rings. The third kappa shape index (κ3) is 11.6. The fraction of sp³-hybridized carbons (Fsp3) is 0.625. The lowest BCUT2D eigenvalue weighted by atomic mass is 9.53. The van der Waals surface area contributed by atoms with E-state index in [9.17, 15) is 10.2 Å². The standard InChI is InChI=1S/C64H86O9/c1-61-29-23-55-53-21-17-51(72-45-47-11-5-3-6-12-47)43-49(53)15-19-57(55)59(61)25-31-63(61,65)27-9-33-67-35-37-69-39-41-71-42-40-70-38-36-68-34-10-28-64(66)32-26-60-58-20-16-50-44-52(73-46-48-13-7-4-8-14-48)18-22-54(50)56(58)24-30-62(60,64)2/h3-8,11-14,17-18,21-22,43-44,55-60,65-66H,9-10,15-16,19-20,23-42,45-46H2,1-2H3/t55-,56-,57-,58-,59+,60+,61+,62+,63+,64+/m1/s1. The molecule has 9 heteroatoms. The van der Waals surface area contributed by atoms with Crippen LogP contribution in [0.4, 0.5) is 0 Å². The van der Waals surface area contributed by atoms with E-state index in [0.717, 1.165) is 101 Å². The molecule has 6 aliphatic carbocycles. The lowest BCUT2D eigenvalue weighted by molar-refractivity contribution is -0.110. The van der Waals surface area contributed by atoms with Gasteiger partial charge in [-0.25, -0.2) is 0 Å². The van der Waals surface area contributed by atoms with Gasteiger partial charge in [-0.3, -0.25) is 0 Å². The zero-order chi connectivity index (χ0) is 50.1. The van der Waals surface area contributed by atoms with Crippen LogP contribution >= 0.6 is 0 Å². The fourth-order valence-electron chi connectivity index (χ4n) is 15.7. The summed E-state index contributed by atoms with van der Waals surface area (Å²) in [5.74, 6) is 5.53. The number of ether oxygens (including phenoxy) is 7. The van der Waals surface area contributed by atoms with E-state index in [4.69, 9.17) is 33.2 Å². The molecule has 4 aromatic carbocycles. The van der Waals surface area contributed by atoms with E-state index in [1.807, 2.05) is 12.1 Å². The number of hydrogen-bond acceptors (Lipinski definition) is 9. The van der Waals surface area contributed by atoms with Crippen LogP contribution < -0.4 is 9.47 Å². The molecule has 0 bridgehead atoms. The number of hydrogen-bond donors (Lipinski definition) is 2. The molecule has 2 N–H and O–H groups in total. The second kappa shape index (κ2) is 24.0. The van der Waals surface area contributed by atoms with Crippen LogP contribution in [0.25, 0.3) is 0 Å². The first-order valence-electron chi connectivity index (χ1n) is 28.6. The van der Waals surface area contributed by atoms with Gasteiger partial charge >= 0.3 is 0 Å². The average molecular weight is 999 g/mol. The maximum Gasteiger partial charge on any atom is 0.120 e. The summed E-state index contributed by atoms with van der Waals surface area (Å²) in [5, 5.41) is 24.3. The first-order valence-corrected chi connectivity index (χ1v) is 28.6. The molecule has 0 spiro atoms. The zero-order valence-corrected chi connectivity index (χ0v) is 44.3. The van der Waals surface area contributed by atoms with Crippen molar-refractivity contribution in [1.29, 1.82) is 0 Å². The number of benzene rings is 4. The van der Waals surface area contributed by atoms with Crippen LogP contribution in [0.15, 0.2) is 97.1 Å². The fourth-order valence-corrected chi connectivity index (χ4v) is 15.7. The Morgan fingerprint density at radius 1 is 0.438 bits per heavy atom. The van der Waals surface area contributed by atoms with Crippen molar-refractivity contribution in [3.63, 3.8) is 0 Å². The molecular formula is C64H86O9. The summed E-state index contributed by atoms with van der Waals surface area (Å²) < 4.78 is 41.5. The van der Waals surface area contributed by atoms with E-state index in [1.165, 1.54) is 46.2 Å². The van der Waals surface area contributed by atoms with Gasteiger partial charge in [0, 0.05) is 13.2 Å². The topological polar surface area (TPSA) is 105 Å². The highest BCUT2D eigenvalue weighted by molar-refractivity contribution is 5.42. The van der Waals surface area contributed by atoms with E-state index >= 15 is 0 Å². The van der Waals surface area contributed by atoms with Crippen molar-refractivity contribution in [3.05, 3.63) is 130 Å². The van der Waals surface area contributed by atoms with Crippen LogP contribution in [0.1, 0.15) is 149 Å². The highest BCUT2D eigenvalue weighted by Crippen LogP contribution is 2.67. The quantitative estimate of drug-likeness (QED) is 0.0595. The lowest BCUT2D eigenvalue weighted by Crippen LogP contribution is -2.50. The van der Waals surface area contributed by atoms with E-state index in [0.29, 0.717) is 115 Å². The van der Waals surface area contributed by atoms with E-state index in [1.54, 1.807) is 0 Å². The molecule has 73 heavy (non-hydrogen) atoms. The molecule has 9 nitrogen and oxygen atoms in total. The molecule has 6 aliphatic rings. The van der Waals surface area contributed by atoms with Crippen molar-refractivity contribution in [2.75, 3.05) is 66.1 Å². The Kier molecular flexibility index (Phi) is 17.3. The summed E-state index contributed by atoms with van der Waals surface area (Å²) in [6, 6.07) is 34.4. The van der Waals surface area contributed by atoms with Crippen molar-refractivity contribution in [2.45, 2.75) is 153 Å². The Hall–Kier alpha value is -3.80. The largest absolute Gasteiger partial charge is 0.489 e. The predicted octanol–water partition coefficient (Wildman–Crippen LogP) is 12.4. The van der Waals surface area contributed by atoms with Gasteiger partial charge in [0.05, 0.1) is 64.1 Å². The molecule has 396 valence electrons. The minimum Gasteiger partial charge on any atom is -0.489 e. The molecule has 0 aromatic heterocycles.